The monoisotopic (exact) mass is 220 g/mol. The summed E-state index contributed by atoms with van der Waals surface area (Å²) >= 11 is 0. The first-order chi connectivity index (χ1) is 7.49. The molecule has 0 aliphatic carbocycles. The van der Waals surface area contributed by atoms with Crippen molar-refractivity contribution in [3.05, 3.63) is 22.8 Å². The van der Waals surface area contributed by atoms with E-state index in [1.54, 1.807) is 11.1 Å². The van der Waals surface area contributed by atoms with Crippen molar-refractivity contribution in [1.29, 1.82) is 0 Å². The zero-order valence-electron chi connectivity index (χ0n) is 11.3. The number of likely N-dealkylation sites (N-methyl/N-ethyl adjacent to an activating group) is 2. The van der Waals surface area contributed by atoms with Crippen molar-refractivity contribution in [1.82, 2.24) is 9.80 Å². The molecule has 2 aliphatic rings. The van der Waals surface area contributed by atoms with E-state index in [4.69, 9.17) is 0 Å². The SMILES string of the molecule is C/C=C1\CN(C)C2(CC(=C(C)C)CN2C)C1. The third kappa shape index (κ3) is 1.64. The highest BCUT2D eigenvalue weighted by Crippen LogP contribution is 2.43. The summed E-state index contributed by atoms with van der Waals surface area (Å²) in [6.07, 6.45) is 4.73. The standard InChI is InChI=1S/C14H24N2/c1-6-12-7-14(15(4)9-12)8-13(11(2)3)10-16(14)5/h6H,7-10H2,1-5H3/b12-6-. The fourth-order valence-electron chi connectivity index (χ4n) is 3.12. The van der Waals surface area contributed by atoms with E-state index >= 15 is 0 Å². The number of nitrogens with zero attached hydrogens (tertiary/aromatic N) is 2. The lowest BCUT2D eigenvalue weighted by atomic mass is 9.98. The molecule has 0 aromatic rings. The summed E-state index contributed by atoms with van der Waals surface area (Å²) in [6.45, 7) is 8.93. The molecule has 0 aromatic carbocycles. The molecule has 2 aliphatic heterocycles. The van der Waals surface area contributed by atoms with E-state index < -0.39 is 0 Å². The van der Waals surface area contributed by atoms with Gasteiger partial charge in [-0.25, -0.2) is 0 Å². The van der Waals surface area contributed by atoms with Gasteiger partial charge in [-0.15, -0.1) is 0 Å². The molecule has 90 valence electrons. The van der Waals surface area contributed by atoms with Crippen molar-refractivity contribution in [2.24, 2.45) is 0 Å². The summed E-state index contributed by atoms with van der Waals surface area (Å²) in [4.78, 5) is 5.06. The summed E-state index contributed by atoms with van der Waals surface area (Å²) in [5.41, 5.74) is 5.00. The predicted octanol–water partition coefficient (Wildman–Crippen LogP) is 2.64. The van der Waals surface area contributed by atoms with Crippen LogP contribution in [-0.4, -0.2) is 42.6 Å². The molecule has 2 fully saturated rings. The van der Waals surface area contributed by atoms with E-state index in [-0.39, 0.29) is 5.66 Å². The van der Waals surface area contributed by atoms with Crippen LogP contribution in [0.3, 0.4) is 0 Å². The van der Waals surface area contributed by atoms with Crippen LogP contribution in [-0.2, 0) is 0 Å². The first-order valence-corrected chi connectivity index (χ1v) is 6.21. The zero-order chi connectivity index (χ0) is 11.9. The first kappa shape index (κ1) is 11.9. The molecule has 1 unspecified atom stereocenters. The number of rotatable bonds is 0. The number of hydrogen-bond acceptors (Lipinski definition) is 2. The Morgan fingerprint density at radius 1 is 1.12 bits per heavy atom. The second-order valence-corrected chi connectivity index (χ2v) is 5.60. The van der Waals surface area contributed by atoms with E-state index in [1.807, 2.05) is 0 Å². The zero-order valence-corrected chi connectivity index (χ0v) is 11.3. The molecule has 2 heterocycles. The molecular weight excluding hydrogens is 196 g/mol. The Hall–Kier alpha value is -0.600. The lowest BCUT2D eigenvalue weighted by Crippen LogP contribution is -2.50. The van der Waals surface area contributed by atoms with Crippen molar-refractivity contribution in [3.63, 3.8) is 0 Å². The normalized spacial score (nSPS) is 34.6. The van der Waals surface area contributed by atoms with E-state index in [0.29, 0.717) is 0 Å². The van der Waals surface area contributed by atoms with Gasteiger partial charge in [0.1, 0.15) is 0 Å². The van der Waals surface area contributed by atoms with Crippen LogP contribution in [0.1, 0.15) is 33.6 Å². The topological polar surface area (TPSA) is 6.48 Å². The molecule has 0 aromatic heterocycles. The van der Waals surface area contributed by atoms with Crippen LogP contribution in [0.5, 0.6) is 0 Å². The highest BCUT2D eigenvalue weighted by molar-refractivity contribution is 5.27. The van der Waals surface area contributed by atoms with Gasteiger partial charge in [0.15, 0.2) is 0 Å². The van der Waals surface area contributed by atoms with Gasteiger partial charge < -0.3 is 0 Å². The van der Waals surface area contributed by atoms with E-state index in [1.165, 1.54) is 18.4 Å². The molecule has 16 heavy (non-hydrogen) atoms. The van der Waals surface area contributed by atoms with E-state index in [0.717, 1.165) is 13.1 Å². The lowest BCUT2D eigenvalue weighted by molar-refractivity contribution is 0.0391. The predicted molar refractivity (Wildman–Crippen MR) is 69.4 cm³/mol. The smallest absolute Gasteiger partial charge is 0.0815 e. The molecule has 1 spiro atoms. The Labute approximate surface area is 99.6 Å². The van der Waals surface area contributed by atoms with Crippen LogP contribution in [0.2, 0.25) is 0 Å². The first-order valence-electron chi connectivity index (χ1n) is 6.21. The summed E-state index contributed by atoms with van der Waals surface area (Å²) in [6, 6.07) is 0. The largest absolute Gasteiger partial charge is 0.284 e. The minimum atomic E-state index is 0.272. The maximum absolute atomic E-state index is 2.53. The minimum Gasteiger partial charge on any atom is -0.284 e. The average molecular weight is 220 g/mol. The Bertz CT molecular complexity index is 350. The number of allylic oxidation sites excluding steroid dienone is 2. The van der Waals surface area contributed by atoms with Gasteiger partial charge >= 0.3 is 0 Å². The van der Waals surface area contributed by atoms with Crippen LogP contribution in [0.25, 0.3) is 0 Å². The summed E-state index contributed by atoms with van der Waals surface area (Å²) < 4.78 is 0. The molecule has 2 nitrogen and oxygen atoms in total. The second kappa shape index (κ2) is 4.01. The summed E-state index contributed by atoms with van der Waals surface area (Å²) in [5.74, 6) is 0. The van der Waals surface area contributed by atoms with Gasteiger partial charge in [0.2, 0.25) is 0 Å². The maximum Gasteiger partial charge on any atom is 0.0815 e. The molecule has 0 bridgehead atoms. The van der Waals surface area contributed by atoms with Crippen LogP contribution in [0.4, 0.5) is 0 Å². The van der Waals surface area contributed by atoms with E-state index in [2.05, 4.69) is 50.7 Å². The Balaban J connectivity index is 2.31. The van der Waals surface area contributed by atoms with Gasteiger partial charge in [-0.05, 0) is 34.9 Å². The lowest BCUT2D eigenvalue weighted by Gasteiger charge is -2.37. The van der Waals surface area contributed by atoms with Gasteiger partial charge in [0.05, 0.1) is 5.66 Å². The van der Waals surface area contributed by atoms with Crippen molar-refractivity contribution < 1.29 is 0 Å². The molecule has 2 heteroatoms. The molecule has 0 radical (unpaired) electrons. The summed E-state index contributed by atoms with van der Waals surface area (Å²) in [5, 5.41) is 0. The van der Waals surface area contributed by atoms with Crippen molar-refractivity contribution >= 4 is 0 Å². The fraction of sp³-hybridized carbons (Fsp3) is 0.714. The molecule has 0 saturated carbocycles. The molecule has 0 N–H and O–H groups in total. The van der Waals surface area contributed by atoms with Crippen LogP contribution in [0, 0.1) is 0 Å². The molecule has 1 atom stereocenters. The van der Waals surface area contributed by atoms with Crippen LogP contribution in [0.15, 0.2) is 22.8 Å². The van der Waals surface area contributed by atoms with Gasteiger partial charge in [-0.1, -0.05) is 22.8 Å². The van der Waals surface area contributed by atoms with Gasteiger partial charge in [0.25, 0.3) is 0 Å². The maximum atomic E-state index is 2.53. The molecule has 2 rings (SSSR count). The quantitative estimate of drug-likeness (QED) is 0.579. The Kier molecular flexibility index (Phi) is 2.97. The average Bonchev–Trinajstić information content (AvgIpc) is 2.72. The Morgan fingerprint density at radius 3 is 2.19 bits per heavy atom. The molecular formula is C14H24N2. The summed E-state index contributed by atoms with van der Waals surface area (Å²) in [7, 11) is 4.53. The van der Waals surface area contributed by atoms with E-state index in [9.17, 15) is 0 Å². The number of likely N-dealkylation sites (tertiary alicyclic amines) is 2. The van der Waals surface area contributed by atoms with Crippen LogP contribution >= 0.6 is 0 Å². The highest BCUT2D eigenvalue weighted by Gasteiger charge is 2.48. The van der Waals surface area contributed by atoms with Gasteiger partial charge in [-0.2, -0.15) is 0 Å². The van der Waals surface area contributed by atoms with Crippen molar-refractivity contribution in [2.45, 2.75) is 39.3 Å². The number of hydrogen-bond donors (Lipinski definition) is 0. The fourth-order valence-corrected chi connectivity index (χ4v) is 3.12. The van der Waals surface area contributed by atoms with Crippen molar-refractivity contribution in [3.8, 4) is 0 Å². The molecule has 0 amide bonds. The third-order valence-corrected chi connectivity index (χ3v) is 4.41. The molecule has 2 saturated heterocycles. The van der Waals surface area contributed by atoms with Crippen LogP contribution < -0.4 is 0 Å². The second-order valence-electron chi connectivity index (χ2n) is 5.60. The third-order valence-electron chi connectivity index (χ3n) is 4.41. The van der Waals surface area contributed by atoms with Gasteiger partial charge in [0, 0.05) is 25.9 Å². The highest BCUT2D eigenvalue weighted by atomic mass is 15.4. The minimum absolute atomic E-state index is 0.272. The van der Waals surface area contributed by atoms with Gasteiger partial charge in [-0.3, -0.25) is 9.80 Å². The Morgan fingerprint density at radius 2 is 1.75 bits per heavy atom. The van der Waals surface area contributed by atoms with Crippen molar-refractivity contribution in [2.75, 3.05) is 27.2 Å².